The SMILES string of the molecule is CC.CC(C)(C(N)=O)n1nc(Cl)ccc1=O. The molecule has 16 heavy (non-hydrogen) atoms. The Balaban J connectivity index is 0.00000106. The Bertz CT molecular complexity index is 426. The Hall–Kier alpha value is -1.36. The molecule has 1 aromatic rings. The van der Waals surface area contributed by atoms with E-state index < -0.39 is 17.0 Å². The first kappa shape index (κ1) is 14.6. The number of amides is 1. The number of carbonyl (C=O) groups is 1. The van der Waals surface area contributed by atoms with E-state index >= 15 is 0 Å². The second-order valence-electron chi connectivity index (χ2n) is 3.33. The molecule has 5 nitrogen and oxygen atoms in total. The predicted molar refractivity (Wildman–Crippen MR) is 63.4 cm³/mol. The Kier molecular flexibility index (Phi) is 5.17. The molecule has 0 fully saturated rings. The first-order valence-electron chi connectivity index (χ1n) is 4.92. The summed E-state index contributed by atoms with van der Waals surface area (Å²) in [5.74, 6) is -0.644. The van der Waals surface area contributed by atoms with Crippen LogP contribution in [-0.4, -0.2) is 15.7 Å². The van der Waals surface area contributed by atoms with Crippen molar-refractivity contribution in [1.82, 2.24) is 9.78 Å². The van der Waals surface area contributed by atoms with Gasteiger partial charge in [0, 0.05) is 6.07 Å². The maximum Gasteiger partial charge on any atom is 0.267 e. The largest absolute Gasteiger partial charge is 0.368 e. The molecule has 0 saturated heterocycles. The molecule has 0 atom stereocenters. The summed E-state index contributed by atoms with van der Waals surface area (Å²) in [6, 6.07) is 2.59. The summed E-state index contributed by atoms with van der Waals surface area (Å²) in [7, 11) is 0. The van der Waals surface area contributed by atoms with Gasteiger partial charge in [-0.3, -0.25) is 9.59 Å². The molecule has 1 amide bonds. The Morgan fingerprint density at radius 2 is 1.94 bits per heavy atom. The molecule has 0 aliphatic carbocycles. The number of halogens is 1. The van der Waals surface area contributed by atoms with Gasteiger partial charge in [-0.25, -0.2) is 4.68 Å². The van der Waals surface area contributed by atoms with Gasteiger partial charge in [-0.05, 0) is 19.9 Å². The second kappa shape index (κ2) is 5.65. The van der Waals surface area contributed by atoms with Crippen LogP contribution in [0.5, 0.6) is 0 Å². The Labute approximate surface area is 99.2 Å². The van der Waals surface area contributed by atoms with Crippen LogP contribution < -0.4 is 11.3 Å². The summed E-state index contributed by atoms with van der Waals surface area (Å²) < 4.78 is 0.970. The highest BCUT2D eigenvalue weighted by Crippen LogP contribution is 2.11. The number of aromatic nitrogens is 2. The first-order valence-corrected chi connectivity index (χ1v) is 5.30. The highest BCUT2D eigenvalue weighted by Gasteiger charge is 2.29. The maximum atomic E-state index is 11.4. The van der Waals surface area contributed by atoms with Gasteiger partial charge in [0.15, 0.2) is 0 Å². The van der Waals surface area contributed by atoms with E-state index in [1.165, 1.54) is 26.0 Å². The number of primary amides is 1. The fraction of sp³-hybridized carbons (Fsp3) is 0.500. The van der Waals surface area contributed by atoms with Crippen LogP contribution in [-0.2, 0) is 10.3 Å². The lowest BCUT2D eigenvalue weighted by atomic mass is 10.1. The zero-order valence-corrected chi connectivity index (χ0v) is 10.6. The smallest absolute Gasteiger partial charge is 0.267 e. The Morgan fingerprint density at radius 1 is 1.44 bits per heavy atom. The zero-order valence-electron chi connectivity index (χ0n) is 9.82. The lowest BCUT2D eigenvalue weighted by Gasteiger charge is -2.21. The number of rotatable bonds is 2. The third-order valence-electron chi connectivity index (χ3n) is 1.90. The molecule has 0 aromatic carbocycles. The normalized spacial score (nSPS) is 10.3. The van der Waals surface area contributed by atoms with Crippen molar-refractivity contribution in [3.8, 4) is 0 Å². The fourth-order valence-electron chi connectivity index (χ4n) is 0.894. The molecule has 0 spiro atoms. The van der Waals surface area contributed by atoms with E-state index in [0.717, 1.165) is 4.68 Å². The van der Waals surface area contributed by atoms with Crippen LogP contribution in [0.2, 0.25) is 5.15 Å². The lowest BCUT2D eigenvalue weighted by Crippen LogP contribution is -2.47. The molecule has 0 bridgehead atoms. The van der Waals surface area contributed by atoms with Crippen molar-refractivity contribution < 1.29 is 4.79 Å². The summed E-state index contributed by atoms with van der Waals surface area (Å²) in [6.07, 6.45) is 0. The maximum absolute atomic E-state index is 11.4. The molecule has 0 aliphatic heterocycles. The molecular weight excluding hydrogens is 230 g/mol. The average Bonchev–Trinajstić information content (AvgIpc) is 2.24. The number of nitrogens with two attached hydrogens (primary N) is 1. The molecule has 1 rings (SSSR count). The van der Waals surface area contributed by atoms with Gasteiger partial charge in [0.05, 0.1) is 0 Å². The van der Waals surface area contributed by atoms with E-state index in [9.17, 15) is 9.59 Å². The summed E-state index contributed by atoms with van der Waals surface area (Å²) in [4.78, 5) is 22.4. The summed E-state index contributed by atoms with van der Waals surface area (Å²) in [6.45, 7) is 7.00. The molecule has 0 radical (unpaired) electrons. The van der Waals surface area contributed by atoms with E-state index in [4.69, 9.17) is 17.3 Å². The van der Waals surface area contributed by atoms with E-state index in [1.807, 2.05) is 13.8 Å². The zero-order chi connectivity index (χ0) is 12.9. The van der Waals surface area contributed by atoms with E-state index in [0.29, 0.717) is 0 Å². The molecule has 0 saturated carbocycles. The van der Waals surface area contributed by atoms with Gasteiger partial charge < -0.3 is 5.73 Å². The monoisotopic (exact) mass is 245 g/mol. The fourth-order valence-corrected chi connectivity index (χ4v) is 1.03. The third kappa shape index (κ3) is 3.06. The lowest BCUT2D eigenvalue weighted by molar-refractivity contribution is -0.125. The third-order valence-corrected chi connectivity index (χ3v) is 2.10. The van der Waals surface area contributed by atoms with Gasteiger partial charge in [0.1, 0.15) is 10.7 Å². The molecule has 90 valence electrons. The standard InChI is InChI=1S/C8H10ClN3O2.C2H6/c1-8(2,7(10)14)12-6(13)4-3-5(9)11-12;1-2/h3-4H,1-2H3,(H2,10,14);1-2H3. The average molecular weight is 246 g/mol. The minimum absolute atomic E-state index is 0.138. The van der Waals surface area contributed by atoms with Crippen LogP contribution in [0, 0.1) is 0 Å². The van der Waals surface area contributed by atoms with Crippen molar-refractivity contribution in [3.63, 3.8) is 0 Å². The summed E-state index contributed by atoms with van der Waals surface area (Å²) in [5, 5.41) is 3.87. The molecule has 0 unspecified atom stereocenters. The highest BCUT2D eigenvalue weighted by atomic mass is 35.5. The van der Waals surface area contributed by atoms with Crippen molar-refractivity contribution in [3.05, 3.63) is 27.6 Å². The van der Waals surface area contributed by atoms with Crippen LogP contribution in [0.4, 0.5) is 0 Å². The van der Waals surface area contributed by atoms with Crippen molar-refractivity contribution in [2.75, 3.05) is 0 Å². The molecule has 1 aromatic heterocycles. The van der Waals surface area contributed by atoms with Crippen molar-refractivity contribution >= 4 is 17.5 Å². The van der Waals surface area contributed by atoms with Crippen LogP contribution in [0.25, 0.3) is 0 Å². The van der Waals surface area contributed by atoms with Gasteiger partial charge in [0.25, 0.3) is 5.56 Å². The van der Waals surface area contributed by atoms with E-state index in [2.05, 4.69) is 5.10 Å². The quantitative estimate of drug-likeness (QED) is 0.849. The van der Waals surface area contributed by atoms with Crippen molar-refractivity contribution in [1.29, 1.82) is 0 Å². The van der Waals surface area contributed by atoms with Crippen LogP contribution in [0.1, 0.15) is 27.7 Å². The predicted octanol–water partition coefficient (Wildman–Crippen LogP) is 1.14. The molecular formula is C10H16ClN3O2. The number of hydrogen-bond donors (Lipinski definition) is 1. The number of hydrogen-bond acceptors (Lipinski definition) is 3. The number of nitrogens with zero attached hydrogens (tertiary/aromatic N) is 2. The van der Waals surface area contributed by atoms with E-state index in [1.54, 1.807) is 0 Å². The van der Waals surface area contributed by atoms with Gasteiger partial charge >= 0.3 is 0 Å². The van der Waals surface area contributed by atoms with Crippen LogP contribution in [0.3, 0.4) is 0 Å². The van der Waals surface area contributed by atoms with E-state index in [-0.39, 0.29) is 5.15 Å². The summed E-state index contributed by atoms with van der Waals surface area (Å²) >= 11 is 5.60. The number of carbonyl (C=O) groups excluding carboxylic acids is 1. The minimum Gasteiger partial charge on any atom is -0.368 e. The molecule has 0 aliphatic rings. The van der Waals surface area contributed by atoms with Gasteiger partial charge in [-0.1, -0.05) is 25.4 Å². The topological polar surface area (TPSA) is 78.0 Å². The van der Waals surface area contributed by atoms with Gasteiger partial charge in [-0.2, -0.15) is 5.10 Å². The molecule has 2 N–H and O–H groups in total. The highest BCUT2D eigenvalue weighted by molar-refractivity contribution is 6.29. The second-order valence-corrected chi connectivity index (χ2v) is 3.72. The van der Waals surface area contributed by atoms with Gasteiger partial charge in [-0.15, -0.1) is 0 Å². The van der Waals surface area contributed by atoms with Crippen LogP contribution >= 0.6 is 11.6 Å². The summed E-state index contributed by atoms with van der Waals surface area (Å²) in [5.41, 5.74) is 3.54. The van der Waals surface area contributed by atoms with Crippen LogP contribution in [0.15, 0.2) is 16.9 Å². The van der Waals surface area contributed by atoms with Crippen molar-refractivity contribution in [2.45, 2.75) is 33.2 Å². The molecule has 6 heteroatoms. The Morgan fingerprint density at radius 3 is 2.38 bits per heavy atom. The minimum atomic E-state index is -1.18. The first-order chi connectivity index (χ1) is 7.35. The molecule has 1 heterocycles. The van der Waals surface area contributed by atoms with Crippen molar-refractivity contribution in [2.24, 2.45) is 5.73 Å². The van der Waals surface area contributed by atoms with Gasteiger partial charge in [0.2, 0.25) is 5.91 Å².